The van der Waals surface area contributed by atoms with E-state index in [9.17, 15) is 15.0 Å². The van der Waals surface area contributed by atoms with Crippen LogP contribution in [0.5, 0.6) is 0 Å². The summed E-state index contributed by atoms with van der Waals surface area (Å²) in [5.74, 6) is -0.264. The lowest BCUT2D eigenvalue weighted by Gasteiger charge is -2.22. The lowest BCUT2D eigenvalue weighted by Crippen LogP contribution is -2.34. The summed E-state index contributed by atoms with van der Waals surface area (Å²) in [5.41, 5.74) is 2.59. The van der Waals surface area contributed by atoms with Crippen molar-refractivity contribution in [3.8, 4) is 6.07 Å². The first-order valence-electron chi connectivity index (χ1n) is 5.98. The molecule has 0 heterocycles. The van der Waals surface area contributed by atoms with Crippen molar-refractivity contribution in [3.05, 3.63) is 34.4 Å². The average molecular weight is 262 g/mol. The van der Waals surface area contributed by atoms with E-state index in [4.69, 9.17) is 5.26 Å². The second-order valence-corrected chi connectivity index (χ2v) is 4.58. The fourth-order valence-corrected chi connectivity index (χ4v) is 2.06. The number of hydrogen-bond donors (Lipinski definition) is 3. The van der Waals surface area contributed by atoms with Gasteiger partial charge in [-0.3, -0.25) is 4.79 Å². The van der Waals surface area contributed by atoms with E-state index in [0.29, 0.717) is 11.1 Å². The third-order valence-corrected chi connectivity index (χ3v) is 2.94. The third kappa shape index (κ3) is 3.78. The molecule has 0 aliphatic rings. The molecule has 0 aliphatic heterocycles. The molecule has 0 radical (unpaired) electrons. The van der Waals surface area contributed by atoms with Gasteiger partial charge in [0.15, 0.2) is 0 Å². The van der Waals surface area contributed by atoms with Gasteiger partial charge in [-0.1, -0.05) is 0 Å². The highest BCUT2D eigenvalue weighted by Crippen LogP contribution is 2.25. The van der Waals surface area contributed by atoms with E-state index < -0.39 is 12.2 Å². The minimum atomic E-state index is -1.10. The first-order valence-corrected chi connectivity index (χ1v) is 5.98. The second-order valence-electron chi connectivity index (χ2n) is 4.58. The zero-order valence-electron chi connectivity index (χ0n) is 11.3. The van der Waals surface area contributed by atoms with Crippen LogP contribution in [0.2, 0.25) is 0 Å². The number of aliphatic hydroxyl groups excluding tert-OH is 2. The molecule has 5 nitrogen and oxygen atoms in total. The predicted octanol–water partition coefficient (Wildman–Crippen LogP) is 0.706. The van der Waals surface area contributed by atoms with Crippen molar-refractivity contribution in [3.63, 3.8) is 0 Å². The molecule has 19 heavy (non-hydrogen) atoms. The average Bonchev–Trinajstić information content (AvgIpc) is 2.34. The van der Waals surface area contributed by atoms with E-state index in [1.54, 1.807) is 26.0 Å². The molecule has 0 fully saturated rings. The summed E-state index contributed by atoms with van der Waals surface area (Å²) in [7, 11) is 0. The van der Waals surface area contributed by atoms with Gasteiger partial charge in [-0.05, 0) is 42.7 Å². The fourth-order valence-electron chi connectivity index (χ4n) is 2.06. The van der Waals surface area contributed by atoms with Crippen molar-refractivity contribution in [2.75, 3.05) is 6.54 Å². The fraction of sp³-hybridized carbons (Fsp3) is 0.429. The van der Waals surface area contributed by atoms with Crippen molar-refractivity contribution in [1.82, 2.24) is 5.32 Å². The Labute approximate surface area is 112 Å². The van der Waals surface area contributed by atoms with Crippen LogP contribution in [0.3, 0.4) is 0 Å². The van der Waals surface area contributed by atoms with Gasteiger partial charge in [-0.15, -0.1) is 0 Å². The van der Waals surface area contributed by atoms with Crippen LogP contribution in [0.25, 0.3) is 0 Å². The first-order chi connectivity index (χ1) is 8.86. The highest BCUT2D eigenvalue weighted by molar-refractivity contribution is 5.72. The SMILES string of the molecule is CC(=O)NCC(O)C(O)c1c(C)cc(C#N)cc1C. The van der Waals surface area contributed by atoms with Crippen molar-refractivity contribution >= 4 is 5.91 Å². The zero-order valence-corrected chi connectivity index (χ0v) is 11.3. The molecule has 0 bridgehead atoms. The van der Waals surface area contributed by atoms with E-state index in [0.717, 1.165) is 11.1 Å². The molecule has 1 aromatic carbocycles. The van der Waals surface area contributed by atoms with Crippen LogP contribution in [0.1, 0.15) is 35.3 Å². The smallest absolute Gasteiger partial charge is 0.216 e. The number of nitriles is 1. The largest absolute Gasteiger partial charge is 0.388 e. The van der Waals surface area contributed by atoms with E-state index in [1.165, 1.54) is 6.92 Å². The van der Waals surface area contributed by atoms with Crippen LogP contribution in [0.4, 0.5) is 0 Å². The topological polar surface area (TPSA) is 93.3 Å². The van der Waals surface area contributed by atoms with Gasteiger partial charge in [-0.2, -0.15) is 5.26 Å². The van der Waals surface area contributed by atoms with Gasteiger partial charge >= 0.3 is 0 Å². The number of nitrogens with zero attached hydrogens (tertiary/aromatic N) is 1. The lowest BCUT2D eigenvalue weighted by atomic mass is 9.93. The number of carbonyl (C=O) groups excluding carboxylic acids is 1. The quantitative estimate of drug-likeness (QED) is 0.744. The Balaban J connectivity index is 2.96. The van der Waals surface area contributed by atoms with E-state index in [1.807, 2.05) is 6.07 Å². The molecule has 1 amide bonds. The Kier molecular flexibility index (Phi) is 5.04. The Bertz CT molecular complexity index is 497. The monoisotopic (exact) mass is 262 g/mol. The normalized spacial score (nSPS) is 13.5. The molecular formula is C14H18N2O3. The molecule has 102 valence electrons. The van der Waals surface area contributed by atoms with Crippen molar-refractivity contribution in [1.29, 1.82) is 5.26 Å². The van der Waals surface area contributed by atoms with Crippen LogP contribution < -0.4 is 5.32 Å². The maximum Gasteiger partial charge on any atom is 0.216 e. The highest BCUT2D eigenvalue weighted by Gasteiger charge is 2.22. The summed E-state index contributed by atoms with van der Waals surface area (Å²) in [4.78, 5) is 10.8. The van der Waals surface area contributed by atoms with E-state index in [2.05, 4.69) is 5.32 Å². The molecule has 0 aromatic heterocycles. The van der Waals surface area contributed by atoms with Crippen molar-refractivity contribution < 1.29 is 15.0 Å². The zero-order chi connectivity index (χ0) is 14.6. The summed E-state index contributed by atoms with van der Waals surface area (Å²) in [6.45, 7) is 4.88. The number of benzene rings is 1. The van der Waals surface area contributed by atoms with Gasteiger partial charge in [0.05, 0.1) is 11.6 Å². The van der Waals surface area contributed by atoms with Crippen LogP contribution in [-0.2, 0) is 4.79 Å². The molecule has 5 heteroatoms. The van der Waals surface area contributed by atoms with Gasteiger partial charge in [0.25, 0.3) is 0 Å². The van der Waals surface area contributed by atoms with Gasteiger partial charge in [0.2, 0.25) is 5.91 Å². The highest BCUT2D eigenvalue weighted by atomic mass is 16.3. The summed E-state index contributed by atoms with van der Waals surface area (Å²) < 4.78 is 0. The molecule has 0 saturated carbocycles. The third-order valence-electron chi connectivity index (χ3n) is 2.94. The predicted molar refractivity (Wildman–Crippen MR) is 70.3 cm³/mol. The molecule has 0 spiro atoms. The molecule has 1 rings (SSSR count). The molecule has 1 aromatic rings. The van der Waals surface area contributed by atoms with Gasteiger partial charge < -0.3 is 15.5 Å². The van der Waals surface area contributed by atoms with Crippen LogP contribution in [-0.4, -0.2) is 28.8 Å². The Morgan fingerprint density at radius 3 is 2.32 bits per heavy atom. The Morgan fingerprint density at radius 2 is 1.89 bits per heavy atom. The molecule has 2 unspecified atom stereocenters. The maximum absolute atomic E-state index is 10.8. The summed E-state index contributed by atoms with van der Waals surface area (Å²) in [5, 5.41) is 31.3. The minimum absolute atomic E-state index is 0.0185. The number of amides is 1. The number of rotatable bonds is 4. The lowest BCUT2D eigenvalue weighted by molar-refractivity contribution is -0.119. The number of hydrogen-bond acceptors (Lipinski definition) is 4. The van der Waals surface area contributed by atoms with Gasteiger partial charge in [0.1, 0.15) is 12.2 Å². The van der Waals surface area contributed by atoms with Crippen molar-refractivity contribution in [2.45, 2.75) is 33.0 Å². The summed E-state index contributed by atoms with van der Waals surface area (Å²) in [6.07, 6.45) is -2.19. The van der Waals surface area contributed by atoms with Gasteiger partial charge in [0, 0.05) is 13.5 Å². The standard InChI is InChI=1S/C14H18N2O3/c1-8-4-11(6-15)5-9(2)13(8)14(19)12(18)7-16-10(3)17/h4-5,12,14,18-19H,7H2,1-3H3,(H,16,17). The molecule has 0 aliphatic carbocycles. The minimum Gasteiger partial charge on any atom is -0.388 e. The number of nitrogens with one attached hydrogen (secondary N) is 1. The number of carbonyl (C=O) groups is 1. The second kappa shape index (κ2) is 6.32. The molecule has 2 atom stereocenters. The van der Waals surface area contributed by atoms with Crippen LogP contribution in [0.15, 0.2) is 12.1 Å². The molecule has 3 N–H and O–H groups in total. The van der Waals surface area contributed by atoms with E-state index in [-0.39, 0.29) is 12.5 Å². The number of aliphatic hydroxyl groups is 2. The maximum atomic E-state index is 10.8. The van der Waals surface area contributed by atoms with Crippen LogP contribution >= 0.6 is 0 Å². The first kappa shape index (κ1) is 15.2. The van der Waals surface area contributed by atoms with Gasteiger partial charge in [-0.25, -0.2) is 0 Å². The van der Waals surface area contributed by atoms with Crippen LogP contribution in [0, 0.1) is 25.2 Å². The summed E-state index contributed by atoms with van der Waals surface area (Å²) >= 11 is 0. The Hall–Kier alpha value is -1.90. The van der Waals surface area contributed by atoms with E-state index >= 15 is 0 Å². The number of aryl methyl sites for hydroxylation is 2. The Morgan fingerprint density at radius 1 is 1.37 bits per heavy atom. The molecule has 0 saturated heterocycles. The van der Waals surface area contributed by atoms with Crippen molar-refractivity contribution in [2.24, 2.45) is 0 Å². The summed E-state index contributed by atoms with van der Waals surface area (Å²) in [6, 6.07) is 5.37. The molecular weight excluding hydrogens is 244 g/mol.